The van der Waals surface area contributed by atoms with E-state index in [4.69, 9.17) is 17.3 Å². The summed E-state index contributed by atoms with van der Waals surface area (Å²) in [5.74, 6) is -0.623. The van der Waals surface area contributed by atoms with Crippen LogP contribution in [0.2, 0.25) is 5.02 Å². The van der Waals surface area contributed by atoms with E-state index >= 15 is 0 Å². The monoisotopic (exact) mass is 363 g/mol. The molecule has 23 heavy (non-hydrogen) atoms. The first-order chi connectivity index (χ1) is 10.3. The standard InChI is InChI=1S/C16H23ClFN3O.ClH/c1-9(2)21-7-6-14(20-16(22)10(3)19)15(21)11-4-5-12(17)13(18)8-11;/h4-5,8-10,14-15H,6-7,19H2,1-3H3,(H,20,22);1H. The fraction of sp³-hybridized carbons (Fsp3) is 0.562. The first kappa shape index (κ1) is 20.2. The number of nitrogens with zero attached hydrogens (tertiary/aromatic N) is 1. The zero-order chi connectivity index (χ0) is 16.4. The van der Waals surface area contributed by atoms with E-state index in [1.807, 2.05) is 6.07 Å². The molecule has 130 valence electrons. The van der Waals surface area contributed by atoms with Gasteiger partial charge in [-0.05, 0) is 44.9 Å². The average Bonchev–Trinajstić information content (AvgIpc) is 2.85. The van der Waals surface area contributed by atoms with Gasteiger partial charge in [-0.15, -0.1) is 12.4 Å². The second kappa shape index (κ2) is 8.29. The van der Waals surface area contributed by atoms with Crippen molar-refractivity contribution in [2.24, 2.45) is 5.73 Å². The molecule has 1 saturated heterocycles. The van der Waals surface area contributed by atoms with Gasteiger partial charge in [0.2, 0.25) is 5.91 Å². The Kier molecular flexibility index (Phi) is 7.27. The third-order valence-corrected chi connectivity index (χ3v) is 4.43. The lowest BCUT2D eigenvalue weighted by Crippen LogP contribution is -2.46. The van der Waals surface area contributed by atoms with Gasteiger partial charge in [-0.1, -0.05) is 17.7 Å². The van der Waals surface area contributed by atoms with Crippen LogP contribution in [-0.4, -0.2) is 35.5 Å². The van der Waals surface area contributed by atoms with Crippen molar-refractivity contribution in [2.75, 3.05) is 6.54 Å². The number of amides is 1. The van der Waals surface area contributed by atoms with Crippen molar-refractivity contribution in [3.05, 3.63) is 34.6 Å². The van der Waals surface area contributed by atoms with Crippen molar-refractivity contribution in [3.8, 4) is 0 Å². The third kappa shape index (κ3) is 4.57. The molecule has 7 heteroatoms. The van der Waals surface area contributed by atoms with Gasteiger partial charge in [0.25, 0.3) is 0 Å². The van der Waals surface area contributed by atoms with Crippen LogP contribution in [0.1, 0.15) is 38.8 Å². The molecule has 1 heterocycles. The zero-order valence-corrected chi connectivity index (χ0v) is 15.1. The molecule has 0 aromatic heterocycles. The number of benzene rings is 1. The molecule has 1 aromatic carbocycles. The van der Waals surface area contributed by atoms with E-state index in [-0.39, 0.29) is 35.4 Å². The van der Waals surface area contributed by atoms with Crippen LogP contribution in [0.3, 0.4) is 0 Å². The van der Waals surface area contributed by atoms with Crippen molar-refractivity contribution in [1.82, 2.24) is 10.2 Å². The molecular formula is C16H24Cl2FN3O. The molecule has 0 spiro atoms. The van der Waals surface area contributed by atoms with Crippen LogP contribution < -0.4 is 11.1 Å². The average molecular weight is 364 g/mol. The number of carbonyl (C=O) groups is 1. The molecule has 3 unspecified atom stereocenters. The van der Waals surface area contributed by atoms with Crippen molar-refractivity contribution >= 4 is 29.9 Å². The highest BCUT2D eigenvalue weighted by Gasteiger charge is 2.37. The van der Waals surface area contributed by atoms with Gasteiger partial charge in [0.1, 0.15) is 5.82 Å². The molecule has 0 saturated carbocycles. The number of hydrogen-bond donors (Lipinski definition) is 2. The summed E-state index contributed by atoms with van der Waals surface area (Å²) in [6.07, 6.45) is 0.811. The maximum atomic E-state index is 13.8. The van der Waals surface area contributed by atoms with Gasteiger partial charge in [0.05, 0.1) is 17.1 Å². The zero-order valence-electron chi connectivity index (χ0n) is 13.6. The molecule has 0 aliphatic carbocycles. The van der Waals surface area contributed by atoms with Crippen LogP contribution in [0.5, 0.6) is 0 Å². The molecule has 1 aliphatic rings. The molecular weight excluding hydrogens is 340 g/mol. The van der Waals surface area contributed by atoms with Crippen LogP contribution in [0.25, 0.3) is 0 Å². The van der Waals surface area contributed by atoms with Crippen LogP contribution in [0, 0.1) is 5.82 Å². The highest BCUT2D eigenvalue weighted by atomic mass is 35.5. The fourth-order valence-corrected chi connectivity index (χ4v) is 3.10. The lowest BCUT2D eigenvalue weighted by atomic mass is 9.99. The largest absolute Gasteiger partial charge is 0.350 e. The number of hydrogen-bond acceptors (Lipinski definition) is 3. The van der Waals surface area contributed by atoms with Crippen molar-refractivity contribution in [3.63, 3.8) is 0 Å². The summed E-state index contributed by atoms with van der Waals surface area (Å²) in [6, 6.07) is 4.42. The number of rotatable bonds is 4. The van der Waals surface area contributed by atoms with Crippen molar-refractivity contribution in [2.45, 2.75) is 51.4 Å². The molecule has 1 aromatic rings. The van der Waals surface area contributed by atoms with E-state index in [0.29, 0.717) is 6.04 Å². The minimum atomic E-state index is -0.560. The number of carbonyl (C=O) groups excluding carboxylic acids is 1. The van der Waals surface area contributed by atoms with Gasteiger partial charge in [-0.2, -0.15) is 0 Å². The van der Waals surface area contributed by atoms with Gasteiger partial charge < -0.3 is 11.1 Å². The van der Waals surface area contributed by atoms with Crippen molar-refractivity contribution in [1.29, 1.82) is 0 Å². The minimum absolute atomic E-state index is 0. The lowest BCUT2D eigenvalue weighted by Gasteiger charge is -2.32. The minimum Gasteiger partial charge on any atom is -0.350 e. The Labute approximate surface area is 148 Å². The molecule has 0 radical (unpaired) electrons. The van der Waals surface area contributed by atoms with Crippen LogP contribution >= 0.6 is 24.0 Å². The maximum Gasteiger partial charge on any atom is 0.236 e. The predicted octanol–water partition coefficient (Wildman–Crippen LogP) is 2.89. The molecule has 1 fully saturated rings. The Morgan fingerprint density at radius 1 is 1.43 bits per heavy atom. The summed E-state index contributed by atoms with van der Waals surface area (Å²) < 4.78 is 13.8. The van der Waals surface area contributed by atoms with Crippen LogP contribution in [-0.2, 0) is 4.79 Å². The van der Waals surface area contributed by atoms with E-state index in [2.05, 4.69) is 24.1 Å². The number of likely N-dealkylation sites (tertiary alicyclic amines) is 1. The summed E-state index contributed by atoms with van der Waals surface area (Å²) in [4.78, 5) is 14.2. The summed E-state index contributed by atoms with van der Waals surface area (Å²) in [5, 5.41) is 3.09. The maximum absolute atomic E-state index is 13.8. The second-order valence-corrected chi connectivity index (χ2v) is 6.55. The second-order valence-electron chi connectivity index (χ2n) is 6.14. The first-order valence-electron chi connectivity index (χ1n) is 7.58. The summed E-state index contributed by atoms with van der Waals surface area (Å²) in [7, 11) is 0. The molecule has 3 atom stereocenters. The van der Waals surface area contributed by atoms with E-state index in [9.17, 15) is 9.18 Å². The van der Waals surface area contributed by atoms with E-state index < -0.39 is 11.9 Å². The number of nitrogens with one attached hydrogen (secondary N) is 1. The highest BCUT2D eigenvalue weighted by Crippen LogP contribution is 2.35. The first-order valence-corrected chi connectivity index (χ1v) is 7.95. The molecule has 1 amide bonds. The van der Waals surface area contributed by atoms with Crippen LogP contribution in [0.4, 0.5) is 4.39 Å². The third-order valence-electron chi connectivity index (χ3n) is 4.13. The summed E-state index contributed by atoms with van der Waals surface area (Å²) in [6.45, 7) is 6.68. The molecule has 4 nitrogen and oxygen atoms in total. The predicted molar refractivity (Wildman–Crippen MR) is 93.4 cm³/mol. The van der Waals surface area contributed by atoms with Gasteiger partial charge >= 0.3 is 0 Å². The van der Waals surface area contributed by atoms with Gasteiger partial charge in [0.15, 0.2) is 0 Å². The normalized spacial score (nSPS) is 22.7. The van der Waals surface area contributed by atoms with E-state index in [0.717, 1.165) is 18.5 Å². The van der Waals surface area contributed by atoms with Crippen LogP contribution in [0.15, 0.2) is 18.2 Å². The lowest BCUT2D eigenvalue weighted by molar-refractivity contribution is -0.122. The SMILES string of the molecule is CC(N)C(=O)NC1CCN(C(C)C)C1c1ccc(Cl)c(F)c1.Cl. The summed E-state index contributed by atoms with van der Waals surface area (Å²) >= 11 is 5.77. The molecule has 3 N–H and O–H groups in total. The van der Waals surface area contributed by atoms with Gasteiger partial charge in [0, 0.05) is 18.6 Å². The number of halogens is 3. The Balaban J connectivity index is 0.00000264. The van der Waals surface area contributed by atoms with E-state index in [1.54, 1.807) is 13.0 Å². The van der Waals surface area contributed by atoms with Crippen molar-refractivity contribution < 1.29 is 9.18 Å². The molecule has 1 aliphatic heterocycles. The molecule has 2 rings (SSSR count). The topological polar surface area (TPSA) is 58.4 Å². The Morgan fingerprint density at radius 3 is 2.61 bits per heavy atom. The Hall–Kier alpha value is -0.880. The fourth-order valence-electron chi connectivity index (χ4n) is 2.98. The quantitative estimate of drug-likeness (QED) is 0.864. The highest BCUT2D eigenvalue weighted by molar-refractivity contribution is 6.30. The Bertz CT molecular complexity index is 554. The summed E-state index contributed by atoms with van der Waals surface area (Å²) in [5.41, 5.74) is 6.46. The van der Waals surface area contributed by atoms with Gasteiger partial charge in [-0.3, -0.25) is 9.69 Å². The smallest absolute Gasteiger partial charge is 0.236 e. The molecule has 0 bridgehead atoms. The van der Waals surface area contributed by atoms with E-state index in [1.165, 1.54) is 6.07 Å². The number of nitrogens with two attached hydrogens (primary N) is 1. The Morgan fingerprint density at radius 2 is 2.09 bits per heavy atom. The van der Waals surface area contributed by atoms with Gasteiger partial charge in [-0.25, -0.2) is 4.39 Å².